The number of hydrogen-bond acceptors (Lipinski definition) is 0. The summed E-state index contributed by atoms with van der Waals surface area (Å²) in [6.07, 6.45) is 4.46. The van der Waals surface area contributed by atoms with E-state index in [2.05, 4.69) is 115 Å². The standard InChI is InChI=1S/C28H34P2/c1-4-27(29)23(3)21-22(2)19-20-24-13-11-12-18-28(24)30(25-14-7-5-8-15-25)26-16-9-6-10-17-26/h5-18,23,27H,2,4,19-21,29H2,1,3H3/t23-,27+/m0/s1. The second-order valence-corrected chi connectivity index (χ2v) is 11.2. The van der Waals surface area contributed by atoms with Crippen molar-refractivity contribution in [2.24, 2.45) is 5.92 Å². The molecule has 0 bridgehead atoms. The van der Waals surface area contributed by atoms with Gasteiger partial charge in [0.05, 0.1) is 0 Å². The summed E-state index contributed by atoms with van der Waals surface area (Å²) in [7, 11) is 2.45. The van der Waals surface area contributed by atoms with Gasteiger partial charge in [-0.2, -0.15) is 0 Å². The molecule has 0 N–H and O–H groups in total. The fourth-order valence-corrected chi connectivity index (χ4v) is 6.58. The summed E-state index contributed by atoms with van der Waals surface area (Å²) >= 11 is 0. The van der Waals surface area contributed by atoms with E-state index in [-0.39, 0.29) is 0 Å². The maximum Gasteiger partial charge on any atom is -0.0119 e. The highest BCUT2D eigenvalue weighted by Gasteiger charge is 2.19. The Hall–Kier alpha value is -1.74. The van der Waals surface area contributed by atoms with Gasteiger partial charge in [-0.15, -0.1) is 9.24 Å². The highest BCUT2D eigenvalue weighted by atomic mass is 31.1. The summed E-state index contributed by atoms with van der Waals surface area (Å²) in [6, 6.07) is 31.0. The smallest absolute Gasteiger partial charge is 0.0119 e. The van der Waals surface area contributed by atoms with Crippen LogP contribution in [0.4, 0.5) is 0 Å². The molecule has 0 aliphatic rings. The third-order valence-corrected chi connectivity index (χ3v) is 9.50. The van der Waals surface area contributed by atoms with E-state index < -0.39 is 7.92 Å². The zero-order chi connectivity index (χ0) is 21.3. The second-order valence-electron chi connectivity index (χ2n) is 8.14. The van der Waals surface area contributed by atoms with Crippen molar-refractivity contribution in [3.8, 4) is 0 Å². The second kappa shape index (κ2) is 11.6. The SMILES string of the molecule is C=C(CCc1ccccc1P(c1ccccc1)c1ccccc1)C[C@H](C)[C@H](P)CC. The van der Waals surface area contributed by atoms with Crippen LogP contribution in [0.15, 0.2) is 97.1 Å². The van der Waals surface area contributed by atoms with Crippen molar-refractivity contribution in [2.75, 3.05) is 0 Å². The average molecular weight is 433 g/mol. The lowest BCUT2D eigenvalue weighted by atomic mass is 9.94. The van der Waals surface area contributed by atoms with Gasteiger partial charge in [0.1, 0.15) is 0 Å². The first-order chi connectivity index (χ1) is 14.6. The van der Waals surface area contributed by atoms with E-state index in [0.29, 0.717) is 11.6 Å². The first kappa shape index (κ1) is 22.9. The Morgan fingerprint density at radius 1 is 0.867 bits per heavy atom. The van der Waals surface area contributed by atoms with Crippen molar-refractivity contribution in [3.05, 3.63) is 103 Å². The van der Waals surface area contributed by atoms with E-state index in [0.717, 1.165) is 19.3 Å². The van der Waals surface area contributed by atoms with Gasteiger partial charge < -0.3 is 0 Å². The van der Waals surface area contributed by atoms with Gasteiger partial charge in [-0.1, -0.05) is 111 Å². The molecule has 0 saturated heterocycles. The molecule has 3 aromatic rings. The quantitative estimate of drug-likeness (QED) is 0.250. The number of aryl methyl sites for hydroxylation is 1. The van der Waals surface area contributed by atoms with E-state index in [1.807, 2.05) is 0 Å². The molecule has 0 spiro atoms. The molecule has 0 nitrogen and oxygen atoms in total. The zero-order valence-electron chi connectivity index (χ0n) is 18.3. The highest BCUT2D eigenvalue weighted by molar-refractivity contribution is 7.79. The Balaban J connectivity index is 1.84. The number of hydrogen-bond donors (Lipinski definition) is 0. The van der Waals surface area contributed by atoms with Gasteiger partial charge in [-0.3, -0.25) is 0 Å². The summed E-state index contributed by atoms with van der Waals surface area (Å²) in [6.45, 7) is 9.03. The van der Waals surface area contributed by atoms with Crippen LogP contribution in [0.25, 0.3) is 0 Å². The van der Waals surface area contributed by atoms with Crippen molar-refractivity contribution in [2.45, 2.75) is 45.2 Å². The lowest BCUT2D eigenvalue weighted by molar-refractivity contribution is 0.528. The van der Waals surface area contributed by atoms with Crippen molar-refractivity contribution in [1.29, 1.82) is 0 Å². The monoisotopic (exact) mass is 432 g/mol. The Morgan fingerprint density at radius 2 is 1.40 bits per heavy atom. The summed E-state index contributed by atoms with van der Waals surface area (Å²) in [5.74, 6) is 0.675. The van der Waals surface area contributed by atoms with Crippen molar-refractivity contribution in [3.63, 3.8) is 0 Å². The largest absolute Gasteiger partial charge is 0.134 e. The summed E-state index contributed by atoms with van der Waals surface area (Å²) in [5, 5.41) is 4.29. The van der Waals surface area contributed by atoms with E-state index in [1.54, 1.807) is 0 Å². The maximum atomic E-state index is 4.41. The molecule has 0 amide bonds. The lowest BCUT2D eigenvalue weighted by Crippen LogP contribution is -2.23. The first-order valence-electron chi connectivity index (χ1n) is 11.0. The molecule has 0 radical (unpaired) electrons. The van der Waals surface area contributed by atoms with Crippen molar-refractivity contribution >= 4 is 33.1 Å². The predicted molar refractivity (Wildman–Crippen MR) is 140 cm³/mol. The Labute approximate surface area is 186 Å². The number of rotatable bonds is 10. The highest BCUT2D eigenvalue weighted by Crippen LogP contribution is 2.34. The molecule has 3 rings (SSSR count). The third kappa shape index (κ3) is 6.14. The van der Waals surface area contributed by atoms with Gasteiger partial charge in [0.15, 0.2) is 0 Å². The van der Waals surface area contributed by atoms with Crippen molar-refractivity contribution in [1.82, 2.24) is 0 Å². The molecule has 3 aromatic carbocycles. The molecule has 0 saturated carbocycles. The average Bonchev–Trinajstić information content (AvgIpc) is 2.79. The Bertz CT molecular complexity index is 878. The van der Waals surface area contributed by atoms with Gasteiger partial charge >= 0.3 is 0 Å². The molecule has 0 fully saturated rings. The van der Waals surface area contributed by atoms with Gasteiger partial charge in [0, 0.05) is 0 Å². The normalized spacial score (nSPS) is 13.2. The topological polar surface area (TPSA) is 0 Å². The van der Waals surface area contributed by atoms with E-state index in [1.165, 1.54) is 33.5 Å². The minimum Gasteiger partial charge on any atom is -0.134 e. The Kier molecular flexibility index (Phi) is 8.87. The van der Waals surface area contributed by atoms with Gasteiger partial charge in [0.25, 0.3) is 0 Å². The summed E-state index contributed by atoms with van der Waals surface area (Å²) < 4.78 is 0. The van der Waals surface area contributed by atoms with Crippen LogP contribution in [0, 0.1) is 5.92 Å². The van der Waals surface area contributed by atoms with Crippen LogP contribution in [0.5, 0.6) is 0 Å². The van der Waals surface area contributed by atoms with Gasteiger partial charge in [-0.25, -0.2) is 0 Å². The fraction of sp³-hybridized carbons (Fsp3) is 0.286. The van der Waals surface area contributed by atoms with Crippen LogP contribution in [-0.4, -0.2) is 5.66 Å². The third-order valence-electron chi connectivity index (χ3n) is 5.82. The molecule has 0 heterocycles. The molecule has 0 aromatic heterocycles. The minimum atomic E-state index is -0.560. The predicted octanol–water partition coefficient (Wildman–Crippen LogP) is 6.61. The maximum absolute atomic E-state index is 4.41. The van der Waals surface area contributed by atoms with Crippen LogP contribution in [-0.2, 0) is 6.42 Å². The Morgan fingerprint density at radius 3 is 1.97 bits per heavy atom. The van der Waals surface area contributed by atoms with Crippen LogP contribution in [0.2, 0.25) is 0 Å². The number of benzene rings is 3. The van der Waals surface area contributed by atoms with Crippen LogP contribution in [0.3, 0.4) is 0 Å². The molecular weight excluding hydrogens is 398 g/mol. The van der Waals surface area contributed by atoms with E-state index in [9.17, 15) is 0 Å². The minimum absolute atomic E-state index is 0.560. The molecule has 0 aliphatic carbocycles. The molecule has 0 aliphatic heterocycles. The first-order valence-corrected chi connectivity index (χ1v) is 13.0. The molecule has 30 heavy (non-hydrogen) atoms. The summed E-state index contributed by atoms with van der Waals surface area (Å²) in [5.41, 5.74) is 3.52. The molecule has 1 unspecified atom stereocenters. The van der Waals surface area contributed by atoms with Crippen LogP contribution < -0.4 is 15.9 Å². The van der Waals surface area contributed by atoms with Crippen LogP contribution in [0.1, 0.15) is 38.7 Å². The molecule has 156 valence electrons. The van der Waals surface area contributed by atoms with Crippen LogP contribution >= 0.6 is 17.2 Å². The summed E-state index contributed by atoms with van der Waals surface area (Å²) in [4.78, 5) is 0. The molecule has 3 atom stereocenters. The zero-order valence-corrected chi connectivity index (χ0v) is 20.3. The van der Waals surface area contributed by atoms with Gasteiger partial charge in [-0.05, 0) is 66.7 Å². The molecular formula is C28H34P2. The van der Waals surface area contributed by atoms with E-state index >= 15 is 0 Å². The fourth-order valence-electron chi connectivity index (χ4n) is 3.94. The van der Waals surface area contributed by atoms with Gasteiger partial charge in [0.2, 0.25) is 0 Å². The lowest BCUT2D eigenvalue weighted by Gasteiger charge is -2.23. The molecule has 2 heteroatoms. The number of allylic oxidation sites excluding steroid dienone is 1. The van der Waals surface area contributed by atoms with Crippen molar-refractivity contribution < 1.29 is 0 Å². The van der Waals surface area contributed by atoms with E-state index in [4.69, 9.17) is 0 Å².